The number of nitro groups is 1. The number of amides is 1. The van der Waals surface area contributed by atoms with Crippen molar-refractivity contribution in [1.82, 2.24) is 4.90 Å². The Hall–Kier alpha value is -3.15. The number of hydrogen-bond donors (Lipinski definition) is 0. The molecule has 0 saturated heterocycles. The Bertz CT molecular complexity index is 771. The first-order valence-corrected chi connectivity index (χ1v) is 7.10. The molecule has 2 aromatic rings. The van der Waals surface area contributed by atoms with Crippen molar-refractivity contribution >= 4 is 17.5 Å². The third kappa shape index (κ3) is 3.21. The van der Waals surface area contributed by atoms with E-state index in [-0.39, 0.29) is 12.2 Å². The maximum atomic E-state index is 12.2. The van der Waals surface area contributed by atoms with Crippen molar-refractivity contribution in [3.05, 3.63) is 81.9 Å². The van der Waals surface area contributed by atoms with E-state index in [0.717, 1.165) is 5.56 Å². The Morgan fingerprint density at radius 3 is 2.48 bits per heavy atom. The monoisotopic (exact) mass is 310 g/mol. The molecule has 2 aromatic carbocycles. The van der Waals surface area contributed by atoms with Gasteiger partial charge in [0.05, 0.1) is 11.5 Å². The molecule has 0 atom stereocenters. The summed E-state index contributed by atoms with van der Waals surface area (Å²) in [4.78, 5) is 24.2. The smallest absolute Gasteiger partial charge is 0.410 e. The van der Waals surface area contributed by atoms with E-state index < -0.39 is 11.0 Å². The molecule has 0 radical (unpaired) electrons. The van der Waals surface area contributed by atoms with Crippen LogP contribution in [0, 0.1) is 10.1 Å². The fourth-order valence-corrected chi connectivity index (χ4v) is 2.40. The van der Waals surface area contributed by atoms with Crippen molar-refractivity contribution in [3.8, 4) is 0 Å². The van der Waals surface area contributed by atoms with Crippen LogP contribution in [-0.4, -0.2) is 22.5 Å². The highest BCUT2D eigenvalue weighted by Crippen LogP contribution is 2.24. The molecule has 1 amide bonds. The lowest BCUT2D eigenvalue weighted by Gasteiger charge is -2.25. The second-order valence-electron chi connectivity index (χ2n) is 5.07. The zero-order chi connectivity index (χ0) is 16.2. The van der Waals surface area contributed by atoms with E-state index in [2.05, 4.69) is 0 Å². The number of nitro benzene ring substituents is 1. The van der Waals surface area contributed by atoms with Crippen LogP contribution in [0.2, 0.25) is 0 Å². The summed E-state index contributed by atoms with van der Waals surface area (Å²) in [7, 11) is 0. The molecule has 1 aliphatic rings. The Morgan fingerprint density at radius 2 is 1.78 bits per heavy atom. The van der Waals surface area contributed by atoms with E-state index in [1.165, 1.54) is 11.0 Å². The van der Waals surface area contributed by atoms with Gasteiger partial charge in [0.1, 0.15) is 5.76 Å². The van der Waals surface area contributed by atoms with E-state index in [1.807, 2.05) is 30.3 Å². The summed E-state index contributed by atoms with van der Waals surface area (Å²) in [5, 5.41) is 11.0. The van der Waals surface area contributed by atoms with Gasteiger partial charge < -0.3 is 4.74 Å². The van der Waals surface area contributed by atoms with Crippen LogP contribution in [0.3, 0.4) is 0 Å². The van der Waals surface area contributed by atoms with Gasteiger partial charge in [-0.25, -0.2) is 4.79 Å². The lowest BCUT2D eigenvalue weighted by atomic mass is 10.1. The van der Waals surface area contributed by atoms with Gasteiger partial charge in [-0.3, -0.25) is 15.0 Å². The van der Waals surface area contributed by atoms with Crippen LogP contribution in [0.15, 0.2) is 60.7 Å². The summed E-state index contributed by atoms with van der Waals surface area (Å²) in [5.74, 6) is 0.509. The second kappa shape index (κ2) is 6.31. The summed E-state index contributed by atoms with van der Waals surface area (Å²) in [6, 6.07) is 15.7. The quantitative estimate of drug-likeness (QED) is 0.639. The predicted molar refractivity (Wildman–Crippen MR) is 84.4 cm³/mol. The minimum absolute atomic E-state index is 0.00173. The highest BCUT2D eigenvalue weighted by atomic mass is 16.6. The molecule has 3 rings (SSSR count). The molecular weight excluding hydrogens is 296 g/mol. The molecule has 0 spiro atoms. The van der Waals surface area contributed by atoms with Crippen LogP contribution in [-0.2, 0) is 11.3 Å². The van der Waals surface area contributed by atoms with Gasteiger partial charge in [-0.2, -0.15) is 0 Å². The number of cyclic esters (lactones) is 1. The molecule has 0 bridgehead atoms. The minimum atomic E-state index is -0.510. The van der Waals surface area contributed by atoms with Crippen LogP contribution < -0.4 is 0 Å². The fourth-order valence-electron chi connectivity index (χ4n) is 2.40. The minimum Gasteiger partial charge on any atom is -0.410 e. The fraction of sp³-hybridized carbons (Fsp3) is 0.118. The molecule has 1 heterocycles. The number of ether oxygens (including phenoxy) is 1. The van der Waals surface area contributed by atoms with Crippen molar-refractivity contribution in [2.24, 2.45) is 0 Å². The maximum Gasteiger partial charge on any atom is 0.415 e. The van der Waals surface area contributed by atoms with Crippen LogP contribution in [0.5, 0.6) is 0 Å². The van der Waals surface area contributed by atoms with Crippen LogP contribution >= 0.6 is 0 Å². The van der Waals surface area contributed by atoms with E-state index in [0.29, 0.717) is 17.9 Å². The largest absolute Gasteiger partial charge is 0.415 e. The predicted octanol–water partition coefficient (Wildman–Crippen LogP) is 3.59. The average Bonchev–Trinajstić information content (AvgIpc) is 2.58. The van der Waals surface area contributed by atoms with Gasteiger partial charge in [-0.1, -0.05) is 48.5 Å². The number of carbonyl (C=O) groups excluding carboxylic acids is 1. The van der Waals surface area contributed by atoms with Crippen LogP contribution in [0.4, 0.5) is 10.5 Å². The van der Waals surface area contributed by atoms with E-state index in [4.69, 9.17) is 4.74 Å². The number of para-hydroxylation sites is 1. The lowest BCUT2D eigenvalue weighted by Crippen LogP contribution is -2.34. The first kappa shape index (κ1) is 14.8. The van der Waals surface area contributed by atoms with E-state index in [9.17, 15) is 14.9 Å². The summed E-state index contributed by atoms with van der Waals surface area (Å²) >= 11 is 0. The van der Waals surface area contributed by atoms with Crippen LogP contribution in [0.1, 0.15) is 11.1 Å². The number of hydrogen-bond acceptors (Lipinski definition) is 4. The molecule has 6 heteroatoms. The third-order valence-corrected chi connectivity index (χ3v) is 3.56. The average molecular weight is 310 g/mol. The summed E-state index contributed by atoms with van der Waals surface area (Å²) < 4.78 is 5.34. The molecule has 23 heavy (non-hydrogen) atoms. The normalized spacial score (nSPS) is 14.2. The van der Waals surface area contributed by atoms with Gasteiger partial charge in [0, 0.05) is 23.7 Å². The number of benzene rings is 2. The lowest BCUT2D eigenvalue weighted by molar-refractivity contribution is -0.385. The zero-order valence-electron chi connectivity index (χ0n) is 12.2. The molecule has 0 unspecified atom stereocenters. The standard InChI is InChI=1S/C17H14N2O4/c20-17-18(12-14-8-4-5-9-15(14)19(21)22)11-10-16(23-17)13-6-2-1-3-7-13/h1-10H,11-12H2. The van der Waals surface area contributed by atoms with Gasteiger partial charge in [0.2, 0.25) is 0 Å². The Balaban J connectivity index is 1.78. The molecule has 0 aromatic heterocycles. The molecule has 0 fully saturated rings. The van der Waals surface area contributed by atoms with Crippen molar-refractivity contribution in [3.63, 3.8) is 0 Å². The molecule has 1 aliphatic heterocycles. The van der Waals surface area contributed by atoms with Crippen molar-refractivity contribution in [1.29, 1.82) is 0 Å². The molecule has 116 valence electrons. The van der Waals surface area contributed by atoms with E-state index >= 15 is 0 Å². The Kier molecular flexibility index (Phi) is 4.05. The van der Waals surface area contributed by atoms with Crippen molar-refractivity contribution in [2.75, 3.05) is 6.54 Å². The topological polar surface area (TPSA) is 72.7 Å². The second-order valence-corrected chi connectivity index (χ2v) is 5.07. The summed E-state index contributed by atoms with van der Waals surface area (Å²) in [5.41, 5.74) is 1.30. The van der Waals surface area contributed by atoms with Gasteiger partial charge >= 0.3 is 6.09 Å². The highest BCUT2D eigenvalue weighted by molar-refractivity contribution is 5.79. The summed E-state index contributed by atoms with van der Waals surface area (Å²) in [6.07, 6.45) is 1.29. The van der Waals surface area contributed by atoms with Gasteiger partial charge in [-0.05, 0) is 6.08 Å². The third-order valence-electron chi connectivity index (χ3n) is 3.56. The zero-order valence-corrected chi connectivity index (χ0v) is 12.2. The number of rotatable bonds is 4. The Morgan fingerprint density at radius 1 is 1.09 bits per heavy atom. The van der Waals surface area contributed by atoms with Crippen molar-refractivity contribution in [2.45, 2.75) is 6.54 Å². The maximum absolute atomic E-state index is 12.2. The first-order chi connectivity index (χ1) is 11.1. The first-order valence-electron chi connectivity index (χ1n) is 7.10. The summed E-state index contributed by atoms with van der Waals surface area (Å²) in [6.45, 7) is 0.476. The van der Waals surface area contributed by atoms with Crippen molar-refractivity contribution < 1.29 is 14.5 Å². The Labute approximate surface area is 132 Å². The molecule has 0 N–H and O–H groups in total. The van der Waals surface area contributed by atoms with Gasteiger partial charge in [0.25, 0.3) is 5.69 Å². The molecule has 0 saturated carbocycles. The van der Waals surface area contributed by atoms with Gasteiger partial charge in [-0.15, -0.1) is 0 Å². The van der Waals surface area contributed by atoms with Crippen LogP contribution in [0.25, 0.3) is 5.76 Å². The molecular formula is C17H14N2O4. The highest BCUT2D eigenvalue weighted by Gasteiger charge is 2.24. The number of nitrogens with zero attached hydrogens (tertiary/aromatic N) is 2. The molecule has 0 aliphatic carbocycles. The SMILES string of the molecule is O=C1OC(c2ccccc2)=CCN1Cc1ccccc1[N+](=O)[O-]. The number of carbonyl (C=O) groups is 1. The van der Waals surface area contributed by atoms with E-state index in [1.54, 1.807) is 24.3 Å². The van der Waals surface area contributed by atoms with Gasteiger partial charge in [0.15, 0.2) is 0 Å². The molecule has 6 nitrogen and oxygen atoms in total.